The van der Waals surface area contributed by atoms with Gasteiger partial charge in [0.1, 0.15) is 11.5 Å². The van der Waals surface area contributed by atoms with E-state index in [2.05, 4.69) is 21.1 Å². The van der Waals surface area contributed by atoms with E-state index in [-0.39, 0.29) is 20.9 Å². The van der Waals surface area contributed by atoms with E-state index in [0.717, 1.165) is 11.1 Å². The Labute approximate surface area is 237 Å². The summed E-state index contributed by atoms with van der Waals surface area (Å²) in [5, 5.41) is 7.85. The summed E-state index contributed by atoms with van der Waals surface area (Å²) in [6.45, 7) is 0. The Morgan fingerprint density at radius 1 is 0.585 bits per heavy atom. The van der Waals surface area contributed by atoms with E-state index in [0.29, 0.717) is 11.5 Å². The molecule has 4 aromatic carbocycles. The summed E-state index contributed by atoms with van der Waals surface area (Å²) in [5.41, 5.74) is 6.81. The summed E-state index contributed by atoms with van der Waals surface area (Å²) in [7, 11) is -0.746. The van der Waals surface area contributed by atoms with Gasteiger partial charge in [-0.2, -0.15) is 10.2 Å². The van der Waals surface area contributed by atoms with E-state index in [9.17, 15) is 18.0 Å². The van der Waals surface area contributed by atoms with Crippen LogP contribution in [-0.2, 0) is 9.84 Å². The molecule has 0 aliphatic carbocycles. The Kier molecular flexibility index (Phi) is 9.23. The Morgan fingerprint density at radius 3 is 1.24 bits per heavy atom. The van der Waals surface area contributed by atoms with E-state index in [1.54, 1.807) is 62.8 Å². The van der Waals surface area contributed by atoms with Crippen LogP contribution in [0.25, 0.3) is 0 Å². The van der Waals surface area contributed by atoms with Crippen molar-refractivity contribution in [1.29, 1.82) is 0 Å². The van der Waals surface area contributed by atoms with Gasteiger partial charge in [0, 0.05) is 11.1 Å². The van der Waals surface area contributed by atoms with Crippen LogP contribution in [0.5, 0.6) is 11.5 Å². The predicted octanol–water partition coefficient (Wildman–Crippen LogP) is 4.06. The van der Waals surface area contributed by atoms with Gasteiger partial charge in [-0.1, -0.05) is 0 Å². The molecule has 0 saturated carbocycles. The molecule has 0 spiro atoms. The fourth-order valence-corrected chi connectivity index (χ4v) is 4.81. The predicted molar refractivity (Wildman–Crippen MR) is 154 cm³/mol. The number of carbonyl (C=O) groups excluding carboxylic acids is 2. The van der Waals surface area contributed by atoms with Crippen molar-refractivity contribution in [3.8, 4) is 11.5 Å². The van der Waals surface area contributed by atoms with E-state index in [1.165, 1.54) is 61.0 Å². The molecule has 0 radical (unpaired) electrons. The van der Waals surface area contributed by atoms with E-state index >= 15 is 0 Å². The zero-order valence-electron chi connectivity index (χ0n) is 22.1. The Balaban J connectivity index is 1.35. The highest BCUT2D eigenvalue weighted by Crippen LogP contribution is 2.22. The van der Waals surface area contributed by atoms with Crippen molar-refractivity contribution in [2.45, 2.75) is 9.79 Å². The van der Waals surface area contributed by atoms with Crippen LogP contribution >= 0.6 is 0 Å². The van der Waals surface area contributed by atoms with Gasteiger partial charge in [0.15, 0.2) is 0 Å². The SMILES string of the molecule is COc1ccc(C=NNC(=O)c2ccc(S(=O)(=O)c3ccc(C(=O)NN=Cc4ccc(OC)cc4)cc3)cc2)cc1. The number of methoxy groups -OCH3 is 2. The van der Waals surface area contributed by atoms with Gasteiger partial charge in [0.2, 0.25) is 9.84 Å². The second-order valence-corrected chi connectivity index (χ2v) is 10.4. The minimum atomic E-state index is -3.88. The molecule has 11 heteroatoms. The summed E-state index contributed by atoms with van der Waals surface area (Å²) in [5.74, 6) is 0.413. The Hall–Kier alpha value is -5.29. The van der Waals surface area contributed by atoms with Crippen molar-refractivity contribution >= 4 is 34.1 Å². The molecule has 4 aromatic rings. The van der Waals surface area contributed by atoms with Crippen LogP contribution in [0.3, 0.4) is 0 Å². The largest absolute Gasteiger partial charge is 0.497 e. The second-order valence-electron chi connectivity index (χ2n) is 8.50. The van der Waals surface area contributed by atoms with Gasteiger partial charge in [-0.25, -0.2) is 19.3 Å². The molecule has 0 atom stereocenters. The lowest BCUT2D eigenvalue weighted by Gasteiger charge is -2.07. The van der Waals surface area contributed by atoms with Crippen LogP contribution in [0, 0.1) is 0 Å². The van der Waals surface area contributed by atoms with Crippen molar-refractivity contribution in [1.82, 2.24) is 10.9 Å². The fraction of sp³-hybridized carbons (Fsp3) is 0.0667. The van der Waals surface area contributed by atoms with Gasteiger partial charge in [-0.3, -0.25) is 9.59 Å². The molecule has 2 amide bonds. The maximum atomic E-state index is 13.1. The number of benzene rings is 4. The first-order valence-electron chi connectivity index (χ1n) is 12.2. The molecule has 4 rings (SSSR count). The highest BCUT2D eigenvalue weighted by atomic mass is 32.2. The minimum absolute atomic E-state index is 0.00271. The second kappa shape index (κ2) is 13.2. The molecule has 0 aromatic heterocycles. The molecule has 0 fully saturated rings. The summed E-state index contributed by atoms with van der Waals surface area (Å²) in [6, 6.07) is 25.1. The van der Waals surface area contributed by atoms with Crippen LogP contribution in [0.1, 0.15) is 31.8 Å². The number of carbonyl (C=O) groups is 2. The summed E-state index contributed by atoms with van der Waals surface area (Å²) < 4.78 is 36.4. The summed E-state index contributed by atoms with van der Waals surface area (Å²) >= 11 is 0. The molecule has 2 N–H and O–H groups in total. The summed E-state index contributed by atoms with van der Waals surface area (Å²) in [4.78, 5) is 24.8. The number of rotatable bonds is 10. The third-order valence-corrected chi connectivity index (χ3v) is 7.63. The van der Waals surface area contributed by atoms with Crippen molar-refractivity contribution in [3.63, 3.8) is 0 Å². The van der Waals surface area contributed by atoms with E-state index in [4.69, 9.17) is 9.47 Å². The smallest absolute Gasteiger partial charge is 0.271 e. The fourth-order valence-electron chi connectivity index (χ4n) is 3.55. The van der Waals surface area contributed by atoms with Gasteiger partial charge < -0.3 is 9.47 Å². The number of sulfone groups is 1. The third-order valence-electron chi connectivity index (χ3n) is 5.84. The molecule has 41 heavy (non-hydrogen) atoms. The monoisotopic (exact) mass is 570 g/mol. The lowest BCUT2D eigenvalue weighted by molar-refractivity contribution is 0.0947. The van der Waals surface area contributed by atoms with Crippen LogP contribution in [0.2, 0.25) is 0 Å². The molecule has 0 bridgehead atoms. The van der Waals surface area contributed by atoms with Gasteiger partial charge in [0.05, 0.1) is 36.4 Å². The first-order valence-corrected chi connectivity index (χ1v) is 13.7. The molecule has 0 saturated heterocycles. The van der Waals surface area contributed by atoms with Crippen molar-refractivity contribution in [2.24, 2.45) is 10.2 Å². The normalized spacial score (nSPS) is 11.4. The standard InChI is InChI=1S/C30H26N4O6S/c1-39-25-11-3-21(4-12-25)19-31-33-29(35)23-7-15-27(16-8-23)41(37,38)28-17-9-24(10-18-28)30(36)34-32-20-22-5-13-26(40-2)14-6-22/h3-20H,1-2H3,(H,33,35)(H,34,36). The quantitative estimate of drug-likeness (QED) is 0.218. The van der Waals surface area contributed by atoms with Crippen molar-refractivity contribution in [2.75, 3.05) is 14.2 Å². The van der Waals surface area contributed by atoms with Crippen molar-refractivity contribution in [3.05, 3.63) is 119 Å². The zero-order chi connectivity index (χ0) is 29.2. The lowest BCUT2D eigenvalue weighted by Crippen LogP contribution is -2.18. The molecule has 10 nitrogen and oxygen atoms in total. The molecule has 208 valence electrons. The molecular formula is C30H26N4O6S. The Bertz CT molecular complexity index is 1540. The van der Waals surface area contributed by atoms with Gasteiger partial charge in [-0.15, -0.1) is 0 Å². The lowest BCUT2D eigenvalue weighted by atomic mass is 10.2. The van der Waals surface area contributed by atoms with E-state index < -0.39 is 21.7 Å². The maximum absolute atomic E-state index is 13.1. The van der Waals surface area contributed by atoms with Gasteiger partial charge >= 0.3 is 0 Å². The van der Waals surface area contributed by atoms with Crippen LogP contribution in [0.15, 0.2) is 117 Å². The molecule has 0 aliphatic rings. The van der Waals surface area contributed by atoms with Crippen LogP contribution in [0.4, 0.5) is 0 Å². The molecule has 0 unspecified atom stereocenters. The van der Waals surface area contributed by atoms with Crippen LogP contribution < -0.4 is 20.3 Å². The number of nitrogens with zero attached hydrogens (tertiary/aromatic N) is 2. The number of amides is 2. The third kappa shape index (κ3) is 7.43. The average Bonchev–Trinajstić information content (AvgIpc) is 3.01. The van der Waals surface area contributed by atoms with Crippen LogP contribution in [-0.4, -0.2) is 46.9 Å². The highest BCUT2D eigenvalue weighted by molar-refractivity contribution is 7.91. The summed E-state index contributed by atoms with van der Waals surface area (Å²) in [6.07, 6.45) is 2.96. The topological polar surface area (TPSA) is 136 Å². The number of ether oxygens (including phenoxy) is 2. The minimum Gasteiger partial charge on any atom is -0.497 e. The Morgan fingerprint density at radius 2 is 0.927 bits per heavy atom. The first kappa shape index (κ1) is 28.7. The molecule has 0 aliphatic heterocycles. The first-order chi connectivity index (χ1) is 19.8. The molecular weight excluding hydrogens is 544 g/mol. The number of hydrazone groups is 2. The zero-order valence-corrected chi connectivity index (χ0v) is 23.0. The highest BCUT2D eigenvalue weighted by Gasteiger charge is 2.19. The number of nitrogens with one attached hydrogen (secondary N) is 2. The van der Waals surface area contributed by atoms with E-state index in [1.807, 2.05) is 0 Å². The maximum Gasteiger partial charge on any atom is 0.271 e. The van der Waals surface area contributed by atoms with Gasteiger partial charge in [-0.05, 0) is 108 Å². The average molecular weight is 571 g/mol. The number of hydrogen-bond donors (Lipinski definition) is 2. The molecule has 0 heterocycles. The van der Waals surface area contributed by atoms with Gasteiger partial charge in [0.25, 0.3) is 11.8 Å². The number of hydrogen-bond acceptors (Lipinski definition) is 8. The van der Waals surface area contributed by atoms with Crippen molar-refractivity contribution < 1.29 is 27.5 Å².